The van der Waals surface area contributed by atoms with Crippen molar-refractivity contribution in [1.82, 2.24) is 9.97 Å². The lowest BCUT2D eigenvalue weighted by molar-refractivity contribution is 0.0688. The highest BCUT2D eigenvalue weighted by Crippen LogP contribution is 2.04. The van der Waals surface area contributed by atoms with Crippen LogP contribution in [0, 0.1) is 0 Å². The number of rotatable bonds is 5. The molecule has 5 nitrogen and oxygen atoms in total. The minimum atomic E-state index is -1.10. The Morgan fingerprint density at radius 3 is 3.00 bits per heavy atom. The lowest BCUT2D eigenvalue weighted by Crippen LogP contribution is -2.06. The van der Waals surface area contributed by atoms with Gasteiger partial charge in [0.25, 0.3) is 0 Å². The Morgan fingerprint density at radius 2 is 2.40 bits per heavy atom. The molecule has 80 valence electrons. The summed E-state index contributed by atoms with van der Waals surface area (Å²) in [6.07, 6.45) is 2.05. The Hall–Kier alpha value is -1.91. The van der Waals surface area contributed by atoms with Crippen molar-refractivity contribution in [2.75, 3.05) is 6.61 Å². The van der Waals surface area contributed by atoms with Crippen LogP contribution in [0.4, 0.5) is 0 Å². The molecule has 5 heteroatoms. The molecule has 1 heterocycles. The Balaban J connectivity index is 2.58. The number of carboxylic acids is 1. The van der Waals surface area contributed by atoms with Crippen LogP contribution in [0.5, 0.6) is 6.01 Å². The zero-order chi connectivity index (χ0) is 11.3. The fraction of sp³-hybridized carbons (Fsp3) is 0.300. The van der Waals surface area contributed by atoms with Gasteiger partial charge in [0.05, 0.1) is 6.61 Å². The zero-order valence-electron chi connectivity index (χ0n) is 8.43. The van der Waals surface area contributed by atoms with E-state index in [9.17, 15) is 4.79 Å². The lowest BCUT2D eigenvalue weighted by atomic mass is 10.3. The van der Waals surface area contributed by atoms with E-state index < -0.39 is 5.97 Å². The van der Waals surface area contributed by atoms with Gasteiger partial charge in [0.2, 0.25) is 0 Å². The van der Waals surface area contributed by atoms with Gasteiger partial charge in [-0.15, -0.1) is 6.58 Å². The van der Waals surface area contributed by atoms with Crippen LogP contribution in [0.2, 0.25) is 0 Å². The molecule has 0 spiro atoms. The van der Waals surface area contributed by atoms with E-state index in [-0.39, 0.29) is 11.7 Å². The molecule has 0 aliphatic heterocycles. The minimum Gasteiger partial charge on any atom is -0.477 e. The second kappa shape index (κ2) is 5.09. The second-order valence-electron chi connectivity index (χ2n) is 3.09. The Labute approximate surface area is 87.4 Å². The van der Waals surface area contributed by atoms with Crippen LogP contribution in [0.25, 0.3) is 0 Å². The van der Waals surface area contributed by atoms with Gasteiger partial charge in [0, 0.05) is 12.6 Å². The zero-order valence-corrected chi connectivity index (χ0v) is 8.43. The first kappa shape index (κ1) is 11.2. The van der Waals surface area contributed by atoms with Crippen molar-refractivity contribution in [3.05, 3.63) is 30.1 Å². The van der Waals surface area contributed by atoms with Crippen molar-refractivity contribution in [2.24, 2.45) is 0 Å². The average molecular weight is 208 g/mol. The molecule has 1 aromatic heterocycles. The summed E-state index contributed by atoms with van der Waals surface area (Å²) in [7, 11) is 0. The number of hydrogen-bond acceptors (Lipinski definition) is 4. The van der Waals surface area contributed by atoms with Gasteiger partial charge in [0.1, 0.15) is 0 Å². The maximum Gasteiger partial charge on any atom is 0.354 e. The first-order chi connectivity index (χ1) is 7.09. The van der Waals surface area contributed by atoms with Crippen molar-refractivity contribution < 1.29 is 14.6 Å². The standard InChI is InChI=1S/C10H12N2O3/c1-7(2)4-6-15-10-11-5-3-8(12-10)9(13)14/h3,5H,1,4,6H2,2H3,(H,13,14). The van der Waals surface area contributed by atoms with Gasteiger partial charge in [-0.1, -0.05) is 5.57 Å². The topological polar surface area (TPSA) is 72.3 Å². The Kier molecular flexibility index (Phi) is 3.79. The maximum absolute atomic E-state index is 10.6. The molecule has 0 fully saturated rings. The number of nitrogens with zero attached hydrogens (tertiary/aromatic N) is 2. The third kappa shape index (κ3) is 3.76. The molecule has 0 aromatic carbocycles. The second-order valence-corrected chi connectivity index (χ2v) is 3.09. The fourth-order valence-corrected chi connectivity index (χ4v) is 0.846. The van der Waals surface area contributed by atoms with E-state index in [0.29, 0.717) is 13.0 Å². The number of aromatic nitrogens is 2. The van der Waals surface area contributed by atoms with Crippen molar-refractivity contribution >= 4 is 5.97 Å². The normalized spacial score (nSPS) is 9.67. The molecule has 1 N–H and O–H groups in total. The highest BCUT2D eigenvalue weighted by molar-refractivity contribution is 5.85. The molecule has 0 unspecified atom stereocenters. The molecular formula is C10H12N2O3. The monoisotopic (exact) mass is 208 g/mol. The molecule has 0 saturated heterocycles. The molecule has 1 aromatic rings. The number of aromatic carboxylic acids is 1. The van der Waals surface area contributed by atoms with E-state index in [1.807, 2.05) is 6.92 Å². The van der Waals surface area contributed by atoms with Gasteiger partial charge >= 0.3 is 12.0 Å². The fourth-order valence-electron chi connectivity index (χ4n) is 0.846. The molecule has 15 heavy (non-hydrogen) atoms. The van der Waals surface area contributed by atoms with Crippen LogP contribution in [-0.4, -0.2) is 27.7 Å². The maximum atomic E-state index is 10.6. The summed E-state index contributed by atoms with van der Waals surface area (Å²) in [5, 5.41) is 8.66. The van der Waals surface area contributed by atoms with Gasteiger partial charge in [-0.2, -0.15) is 4.98 Å². The van der Waals surface area contributed by atoms with Crippen LogP contribution in [0.1, 0.15) is 23.8 Å². The van der Waals surface area contributed by atoms with Crippen LogP contribution in [-0.2, 0) is 0 Å². The van der Waals surface area contributed by atoms with Gasteiger partial charge in [-0.05, 0) is 13.0 Å². The third-order valence-corrected chi connectivity index (χ3v) is 1.61. The molecule has 0 aliphatic carbocycles. The molecule has 0 atom stereocenters. The average Bonchev–Trinajstić information content (AvgIpc) is 2.17. The minimum absolute atomic E-state index is 0.0738. The van der Waals surface area contributed by atoms with Crippen LogP contribution >= 0.6 is 0 Å². The summed E-state index contributed by atoms with van der Waals surface area (Å²) in [6.45, 7) is 6.01. The Bertz CT molecular complexity index is 377. The molecular weight excluding hydrogens is 196 g/mol. The summed E-state index contributed by atoms with van der Waals surface area (Å²) in [4.78, 5) is 18.1. The van der Waals surface area contributed by atoms with Gasteiger partial charge in [-0.25, -0.2) is 9.78 Å². The summed E-state index contributed by atoms with van der Waals surface area (Å²) in [5.74, 6) is -1.10. The number of hydrogen-bond donors (Lipinski definition) is 1. The summed E-state index contributed by atoms with van der Waals surface area (Å²) in [5.41, 5.74) is 0.916. The summed E-state index contributed by atoms with van der Waals surface area (Å²) in [6, 6.07) is 1.39. The predicted octanol–water partition coefficient (Wildman–Crippen LogP) is 1.52. The number of ether oxygens (including phenoxy) is 1. The van der Waals surface area contributed by atoms with Crippen molar-refractivity contribution in [1.29, 1.82) is 0 Å². The van der Waals surface area contributed by atoms with Crippen LogP contribution in [0.15, 0.2) is 24.4 Å². The Morgan fingerprint density at radius 1 is 1.67 bits per heavy atom. The lowest BCUT2D eigenvalue weighted by Gasteiger charge is -2.03. The molecule has 0 amide bonds. The van der Waals surface area contributed by atoms with E-state index in [1.54, 1.807) is 0 Å². The van der Waals surface area contributed by atoms with E-state index in [1.165, 1.54) is 12.3 Å². The number of carbonyl (C=O) groups is 1. The highest BCUT2D eigenvalue weighted by Gasteiger charge is 2.06. The van der Waals surface area contributed by atoms with Crippen LogP contribution in [0.3, 0.4) is 0 Å². The first-order valence-electron chi connectivity index (χ1n) is 4.43. The quantitative estimate of drug-likeness (QED) is 0.742. The summed E-state index contributed by atoms with van der Waals surface area (Å²) < 4.78 is 5.16. The molecule has 1 rings (SSSR count). The van der Waals surface area contributed by atoms with Gasteiger partial charge in [-0.3, -0.25) is 0 Å². The molecule has 0 saturated carbocycles. The predicted molar refractivity (Wildman–Crippen MR) is 53.9 cm³/mol. The smallest absolute Gasteiger partial charge is 0.354 e. The third-order valence-electron chi connectivity index (χ3n) is 1.61. The van der Waals surface area contributed by atoms with E-state index in [4.69, 9.17) is 9.84 Å². The molecule has 0 bridgehead atoms. The first-order valence-corrected chi connectivity index (χ1v) is 4.43. The SMILES string of the molecule is C=C(C)CCOc1nccc(C(=O)O)n1. The largest absolute Gasteiger partial charge is 0.477 e. The molecule has 0 aliphatic rings. The van der Waals surface area contributed by atoms with Crippen molar-refractivity contribution in [3.8, 4) is 6.01 Å². The highest BCUT2D eigenvalue weighted by atomic mass is 16.5. The number of carboxylic acid groups (broad SMARTS) is 1. The molecule has 0 radical (unpaired) electrons. The van der Waals surface area contributed by atoms with Crippen molar-refractivity contribution in [3.63, 3.8) is 0 Å². The van der Waals surface area contributed by atoms with Crippen molar-refractivity contribution in [2.45, 2.75) is 13.3 Å². The van der Waals surface area contributed by atoms with E-state index in [0.717, 1.165) is 5.57 Å². The summed E-state index contributed by atoms with van der Waals surface area (Å²) >= 11 is 0. The van der Waals surface area contributed by atoms with Gasteiger partial charge < -0.3 is 9.84 Å². The van der Waals surface area contributed by atoms with Gasteiger partial charge in [0.15, 0.2) is 5.69 Å². The van der Waals surface area contributed by atoms with E-state index in [2.05, 4.69) is 16.5 Å². The van der Waals surface area contributed by atoms with Crippen LogP contribution < -0.4 is 4.74 Å². The van der Waals surface area contributed by atoms with E-state index >= 15 is 0 Å².